The summed E-state index contributed by atoms with van der Waals surface area (Å²) in [5.41, 5.74) is 10.5. The molecule has 5 aromatic rings. The van der Waals surface area contributed by atoms with Gasteiger partial charge < -0.3 is 11.1 Å². The quantitative estimate of drug-likeness (QED) is 0.364. The van der Waals surface area contributed by atoms with Crippen LogP contribution in [0.5, 0.6) is 0 Å². The zero-order valence-corrected chi connectivity index (χ0v) is 18.5. The topological polar surface area (TPSA) is 107 Å². The van der Waals surface area contributed by atoms with Gasteiger partial charge >= 0.3 is 0 Å². The van der Waals surface area contributed by atoms with Crippen LogP contribution in [0.2, 0.25) is 5.15 Å². The van der Waals surface area contributed by atoms with E-state index in [-0.39, 0.29) is 5.91 Å². The Hall–Kier alpha value is -3.62. The number of nitrogens with one attached hydrogen (secondary N) is 1. The van der Waals surface area contributed by atoms with Gasteiger partial charge in [0.2, 0.25) is 0 Å². The van der Waals surface area contributed by atoms with E-state index in [0.29, 0.717) is 33.2 Å². The number of hydrogen-bond acceptors (Lipinski definition) is 7. The third-order valence-corrected chi connectivity index (χ3v) is 6.46. The van der Waals surface area contributed by atoms with E-state index >= 15 is 0 Å². The number of hydrogen-bond donors (Lipinski definition) is 2. The van der Waals surface area contributed by atoms with E-state index in [0.717, 1.165) is 33.3 Å². The predicted octanol–water partition coefficient (Wildman–Crippen LogP) is 5.02. The highest BCUT2D eigenvalue weighted by Crippen LogP contribution is 2.32. The van der Waals surface area contributed by atoms with Gasteiger partial charge in [-0.2, -0.15) is 0 Å². The van der Waals surface area contributed by atoms with E-state index < -0.39 is 0 Å². The highest BCUT2D eigenvalue weighted by molar-refractivity contribution is 7.18. The Morgan fingerprint density at radius 3 is 2.78 bits per heavy atom. The Morgan fingerprint density at radius 2 is 1.94 bits per heavy atom. The molecule has 0 spiro atoms. The van der Waals surface area contributed by atoms with Crippen LogP contribution in [0.1, 0.15) is 27.2 Å². The van der Waals surface area contributed by atoms with Gasteiger partial charge in [-0.3, -0.25) is 9.78 Å². The first-order valence-electron chi connectivity index (χ1n) is 9.78. The van der Waals surface area contributed by atoms with Crippen molar-refractivity contribution in [2.75, 3.05) is 11.1 Å². The molecule has 0 saturated heterocycles. The van der Waals surface area contributed by atoms with Crippen molar-refractivity contribution < 1.29 is 4.79 Å². The summed E-state index contributed by atoms with van der Waals surface area (Å²) in [4.78, 5) is 30.0. The molecule has 158 valence electrons. The third-order valence-electron chi connectivity index (χ3n) is 5.26. The zero-order chi connectivity index (χ0) is 22.2. The van der Waals surface area contributed by atoms with Gasteiger partial charge in [0, 0.05) is 35.0 Å². The molecule has 0 saturated carbocycles. The van der Waals surface area contributed by atoms with E-state index in [9.17, 15) is 4.79 Å². The van der Waals surface area contributed by atoms with Crippen molar-refractivity contribution in [2.45, 2.75) is 13.3 Å². The van der Waals surface area contributed by atoms with Gasteiger partial charge in [-0.15, -0.1) is 11.3 Å². The van der Waals surface area contributed by atoms with Crippen LogP contribution >= 0.6 is 22.9 Å². The standard InChI is InChI=1S/C23H17ClN6OS/c1-12-2-3-14-15(5-7-26-17(14)8-13-4-6-27-18(24)9-13)19(12)30-23(31)16-10-32-21-20(16)28-11-29-22(21)25/h2-7,9-11H,8H2,1H3,(H,30,31)(H2,25,28,29). The van der Waals surface area contributed by atoms with Crippen molar-refractivity contribution in [3.05, 3.63) is 82.0 Å². The Labute approximate surface area is 192 Å². The molecule has 1 aromatic carbocycles. The molecule has 0 unspecified atom stereocenters. The highest BCUT2D eigenvalue weighted by Gasteiger charge is 2.18. The number of pyridine rings is 2. The Balaban J connectivity index is 1.54. The molecular weight excluding hydrogens is 444 g/mol. The summed E-state index contributed by atoms with van der Waals surface area (Å²) in [5, 5.41) is 7.15. The minimum atomic E-state index is -0.246. The molecule has 9 heteroatoms. The number of nitrogen functional groups attached to an aromatic ring is 1. The number of aromatic nitrogens is 4. The molecular formula is C23H17ClN6OS. The number of halogens is 1. The van der Waals surface area contributed by atoms with E-state index in [1.54, 1.807) is 17.8 Å². The van der Waals surface area contributed by atoms with Crippen molar-refractivity contribution in [3.63, 3.8) is 0 Å². The Bertz CT molecular complexity index is 1500. The molecule has 0 radical (unpaired) electrons. The van der Waals surface area contributed by atoms with E-state index in [1.165, 1.54) is 17.7 Å². The second-order valence-corrected chi connectivity index (χ2v) is 8.58. The number of amides is 1. The molecule has 0 aliphatic rings. The van der Waals surface area contributed by atoms with Crippen LogP contribution in [-0.4, -0.2) is 25.8 Å². The van der Waals surface area contributed by atoms with Crippen LogP contribution in [0.15, 0.2) is 54.4 Å². The van der Waals surface area contributed by atoms with Gasteiger partial charge in [0.05, 0.1) is 27.2 Å². The number of carbonyl (C=O) groups is 1. The van der Waals surface area contributed by atoms with Gasteiger partial charge in [0.15, 0.2) is 0 Å². The Morgan fingerprint density at radius 1 is 1.09 bits per heavy atom. The van der Waals surface area contributed by atoms with Crippen LogP contribution in [0.25, 0.3) is 21.0 Å². The highest BCUT2D eigenvalue weighted by atomic mass is 35.5. The van der Waals surface area contributed by atoms with Gasteiger partial charge in [-0.1, -0.05) is 23.7 Å². The van der Waals surface area contributed by atoms with Crippen LogP contribution in [0.3, 0.4) is 0 Å². The number of benzene rings is 1. The number of nitrogens with two attached hydrogens (primary N) is 1. The second kappa shape index (κ2) is 8.14. The lowest BCUT2D eigenvalue weighted by Crippen LogP contribution is -2.13. The van der Waals surface area contributed by atoms with Crippen LogP contribution < -0.4 is 11.1 Å². The van der Waals surface area contributed by atoms with Crippen molar-refractivity contribution in [3.8, 4) is 0 Å². The summed E-state index contributed by atoms with van der Waals surface area (Å²) in [6.45, 7) is 1.96. The number of thiophene rings is 1. The van der Waals surface area contributed by atoms with Crippen LogP contribution in [0.4, 0.5) is 11.5 Å². The molecule has 1 amide bonds. The first kappa shape index (κ1) is 20.3. The predicted molar refractivity (Wildman–Crippen MR) is 128 cm³/mol. The van der Waals surface area contributed by atoms with E-state index in [2.05, 4.69) is 25.3 Å². The van der Waals surface area contributed by atoms with Gasteiger partial charge in [0.25, 0.3) is 5.91 Å². The molecule has 5 rings (SSSR count). The SMILES string of the molecule is Cc1ccc2c(Cc3ccnc(Cl)c3)nccc2c1NC(=O)c1csc2c(N)ncnc12. The number of carbonyl (C=O) groups excluding carboxylic acids is 1. The van der Waals surface area contributed by atoms with Crippen molar-refractivity contribution >= 4 is 61.3 Å². The van der Waals surface area contributed by atoms with Crippen molar-refractivity contribution in [2.24, 2.45) is 0 Å². The maximum absolute atomic E-state index is 13.2. The summed E-state index contributed by atoms with van der Waals surface area (Å²) < 4.78 is 0.704. The van der Waals surface area contributed by atoms with Gasteiger partial charge in [0.1, 0.15) is 17.3 Å². The lowest BCUT2D eigenvalue weighted by molar-refractivity contribution is 0.102. The summed E-state index contributed by atoms with van der Waals surface area (Å²) >= 11 is 7.39. The fourth-order valence-electron chi connectivity index (χ4n) is 3.69. The average Bonchev–Trinajstić information content (AvgIpc) is 3.22. The summed E-state index contributed by atoms with van der Waals surface area (Å²) in [7, 11) is 0. The maximum Gasteiger partial charge on any atom is 0.258 e. The fourth-order valence-corrected chi connectivity index (χ4v) is 4.79. The number of rotatable bonds is 4. The van der Waals surface area contributed by atoms with Crippen LogP contribution in [0, 0.1) is 6.92 Å². The summed E-state index contributed by atoms with van der Waals surface area (Å²) in [6.07, 6.45) is 5.40. The molecule has 3 N–H and O–H groups in total. The summed E-state index contributed by atoms with van der Waals surface area (Å²) in [5.74, 6) is 0.122. The lowest BCUT2D eigenvalue weighted by atomic mass is 10.0. The van der Waals surface area contributed by atoms with Gasteiger partial charge in [-0.25, -0.2) is 15.0 Å². The first-order chi connectivity index (χ1) is 15.5. The average molecular weight is 461 g/mol. The van der Waals surface area contributed by atoms with Crippen LogP contribution in [-0.2, 0) is 6.42 Å². The number of nitrogens with zero attached hydrogens (tertiary/aromatic N) is 4. The smallest absolute Gasteiger partial charge is 0.258 e. The molecule has 32 heavy (non-hydrogen) atoms. The molecule has 0 atom stereocenters. The number of fused-ring (bicyclic) bond motifs is 2. The number of aryl methyl sites for hydroxylation is 1. The lowest BCUT2D eigenvalue weighted by Gasteiger charge is -2.14. The molecule has 4 aromatic heterocycles. The molecule has 7 nitrogen and oxygen atoms in total. The largest absolute Gasteiger partial charge is 0.382 e. The minimum Gasteiger partial charge on any atom is -0.382 e. The Kier molecular flexibility index (Phi) is 5.16. The molecule has 0 bridgehead atoms. The maximum atomic E-state index is 13.2. The monoisotopic (exact) mass is 460 g/mol. The molecule has 4 heterocycles. The molecule has 0 fully saturated rings. The third kappa shape index (κ3) is 3.63. The minimum absolute atomic E-state index is 0.246. The number of anilines is 2. The second-order valence-electron chi connectivity index (χ2n) is 7.31. The molecule has 0 aliphatic carbocycles. The van der Waals surface area contributed by atoms with Gasteiger partial charge in [-0.05, 0) is 36.2 Å². The van der Waals surface area contributed by atoms with E-state index in [1.807, 2.05) is 37.3 Å². The molecule has 0 aliphatic heterocycles. The fraction of sp³-hybridized carbons (Fsp3) is 0.0870. The van der Waals surface area contributed by atoms with Crippen molar-refractivity contribution in [1.29, 1.82) is 0 Å². The first-order valence-corrected chi connectivity index (χ1v) is 11.0. The van der Waals surface area contributed by atoms with Crippen molar-refractivity contribution in [1.82, 2.24) is 19.9 Å². The van der Waals surface area contributed by atoms with E-state index in [4.69, 9.17) is 17.3 Å². The normalized spacial score (nSPS) is 11.2. The zero-order valence-electron chi connectivity index (χ0n) is 17.0. The summed E-state index contributed by atoms with van der Waals surface area (Å²) in [6, 6.07) is 9.66.